The highest BCUT2D eigenvalue weighted by molar-refractivity contribution is 6.42. The van der Waals surface area contributed by atoms with Gasteiger partial charge >= 0.3 is 0 Å². The second-order valence-electron chi connectivity index (χ2n) is 5.51. The summed E-state index contributed by atoms with van der Waals surface area (Å²) in [5.41, 5.74) is 0.345. The molecule has 3 aromatic rings. The van der Waals surface area contributed by atoms with Crippen LogP contribution < -0.4 is 0 Å². The summed E-state index contributed by atoms with van der Waals surface area (Å²) >= 11 is 11.8. The first kappa shape index (κ1) is 18.7. The maximum absolute atomic E-state index is 10.9. The average molecular weight is 409 g/mol. The van der Waals surface area contributed by atoms with Crippen LogP contribution in [0.15, 0.2) is 40.9 Å². The number of nitro benzene ring substituents is 2. The van der Waals surface area contributed by atoms with Crippen molar-refractivity contribution in [3.05, 3.63) is 78.1 Å². The van der Waals surface area contributed by atoms with E-state index in [1.807, 2.05) is 0 Å². The SMILES string of the molecule is O=[N+]([O-])c1cc(CCc2nc(-c3ccc(Cl)c(Cl)c3)no2)cc([N+](=O)[O-])c1. The number of nitrogens with zero attached hydrogens (tertiary/aromatic N) is 4. The summed E-state index contributed by atoms with van der Waals surface area (Å²) in [4.78, 5) is 24.8. The fourth-order valence-corrected chi connectivity index (χ4v) is 2.67. The van der Waals surface area contributed by atoms with E-state index in [0.717, 1.165) is 6.07 Å². The number of halogens is 2. The monoisotopic (exact) mass is 408 g/mol. The highest BCUT2D eigenvalue weighted by Crippen LogP contribution is 2.27. The minimum absolute atomic E-state index is 0.255. The second-order valence-corrected chi connectivity index (χ2v) is 6.33. The number of hydrogen-bond acceptors (Lipinski definition) is 7. The molecule has 0 amide bonds. The molecule has 0 radical (unpaired) electrons. The number of hydrogen-bond donors (Lipinski definition) is 0. The smallest absolute Gasteiger partial charge is 0.276 e. The van der Waals surface area contributed by atoms with Crippen molar-refractivity contribution in [2.24, 2.45) is 0 Å². The minimum atomic E-state index is -0.675. The summed E-state index contributed by atoms with van der Waals surface area (Å²) in [6.07, 6.45) is 0.512. The van der Waals surface area contributed by atoms with Crippen molar-refractivity contribution in [3.8, 4) is 11.4 Å². The van der Waals surface area contributed by atoms with Gasteiger partial charge in [0.2, 0.25) is 11.7 Å². The van der Waals surface area contributed by atoms with E-state index in [9.17, 15) is 20.2 Å². The Morgan fingerprint density at radius 3 is 2.19 bits per heavy atom. The van der Waals surface area contributed by atoms with Crippen LogP contribution in [0.25, 0.3) is 11.4 Å². The van der Waals surface area contributed by atoms with Crippen molar-refractivity contribution in [1.82, 2.24) is 10.1 Å². The van der Waals surface area contributed by atoms with E-state index in [-0.39, 0.29) is 30.1 Å². The molecule has 0 bridgehead atoms. The Hall–Kier alpha value is -3.04. The Morgan fingerprint density at radius 1 is 0.926 bits per heavy atom. The van der Waals surface area contributed by atoms with Crippen LogP contribution in [0.4, 0.5) is 11.4 Å². The van der Waals surface area contributed by atoms with Crippen LogP contribution in [0.1, 0.15) is 11.5 Å². The van der Waals surface area contributed by atoms with Gasteiger partial charge in [-0.05, 0) is 30.2 Å². The maximum Gasteiger partial charge on any atom is 0.276 e. The van der Waals surface area contributed by atoms with E-state index < -0.39 is 9.85 Å². The summed E-state index contributed by atoms with van der Waals surface area (Å²) in [5.74, 6) is 0.596. The van der Waals surface area contributed by atoms with Gasteiger partial charge in [0, 0.05) is 24.1 Å². The van der Waals surface area contributed by atoms with Gasteiger partial charge in [0.1, 0.15) is 0 Å². The van der Waals surface area contributed by atoms with Crippen LogP contribution in [0.5, 0.6) is 0 Å². The highest BCUT2D eigenvalue weighted by Gasteiger charge is 2.17. The first-order valence-corrected chi connectivity index (χ1v) is 8.30. The van der Waals surface area contributed by atoms with Gasteiger partial charge in [0.15, 0.2) is 0 Å². The van der Waals surface area contributed by atoms with Crippen molar-refractivity contribution in [2.75, 3.05) is 0 Å². The van der Waals surface area contributed by atoms with Gasteiger partial charge in [-0.15, -0.1) is 0 Å². The zero-order chi connectivity index (χ0) is 19.6. The molecule has 0 spiro atoms. The molecule has 0 fully saturated rings. The number of nitro groups is 2. The van der Waals surface area contributed by atoms with Crippen LogP contribution in [-0.4, -0.2) is 20.0 Å². The number of aromatic nitrogens is 2. The molecule has 0 saturated heterocycles. The zero-order valence-electron chi connectivity index (χ0n) is 13.5. The predicted molar refractivity (Wildman–Crippen MR) is 96.9 cm³/mol. The molecule has 27 heavy (non-hydrogen) atoms. The Labute approximate surface area is 161 Å². The molecule has 3 rings (SSSR count). The van der Waals surface area contributed by atoms with Gasteiger partial charge in [0.25, 0.3) is 11.4 Å². The summed E-state index contributed by atoms with van der Waals surface area (Å²) < 4.78 is 5.16. The van der Waals surface area contributed by atoms with Crippen LogP contribution in [-0.2, 0) is 12.8 Å². The molecule has 1 heterocycles. The molecule has 138 valence electrons. The summed E-state index contributed by atoms with van der Waals surface area (Å²) in [6, 6.07) is 8.37. The van der Waals surface area contributed by atoms with Gasteiger partial charge in [-0.3, -0.25) is 20.2 Å². The van der Waals surface area contributed by atoms with Crippen molar-refractivity contribution < 1.29 is 14.4 Å². The van der Waals surface area contributed by atoms with Crippen molar-refractivity contribution in [3.63, 3.8) is 0 Å². The first-order chi connectivity index (χ1) is 12.8. The standard InChI is InChI=1S/C16H10Cl2N4O5/c17-13-3-2-10(7-14(13)18)16-19-15(27-20-16)4-1-9-5-11(21(23)24)8-12(6-9)22(25)26/h2-3,5-8H,1,4H2. The third-order valence-electron chi connectivity index (χ3n) is 3.66. The molecular formula is C16H10Cl2N4O5. The Morgan fingerprint density at radius 2 is 1.59 bits per heavy atom. The van der Waals surface area contributed by atoms with E-state index in [1.165, 1.54) is 12.1 Å². The van der Waals surface area contributed by atoms with Crippen LogP contribution in [0, 0.1) is 20.2 Å². The number of non-ortho nitro benzene ring substituents is 2. The molecule has 0 aliphatic carbocycles. The van der Waals surface area contributed by atoms with Gasteiger partial charge in [-0.2, -0.15) is 4.98 Å². The molecule has 9 nitrogen and oxygen atoms in total. The Balaban J connectivity index is 1.77. The normalized spacial score (nSPS) is 10.7. The molecule has 0 atom stereocenters. The second kappa shape index (κ2) is 7.68. The maximum atomic E-state index is 10.9. The Bertz CT molecular complexity index is 1010. The lowest BCUT2D eigenvalue weighted by atomic mass is 10.1. The predicted octanol–water partition coefficient (Wildman–Crippen LogP) is 4.65. The van der Waals surface area contributed by atoms with E-state index in [0.29, 0.717) is 27.0 Å². The summed E-state index contributed by atoms with van der Waals surface area (Å²) in [7, 11) is 0. The fraction of sp³-hybridized carbons (Fsp3) is 0.125. The molecule has 1 aromatic heterocycles. The minimum Gasteiger partial charge on any atom is -0.339 e. The topological polar surface area (TPSA) is 125 Å². The lowest BCUT2D eigenvalue weighted by molar-refractivity contribution is -0.394. The van der Waals surface area contributed by atoms with Crippen molar-refractivity contribution in [1.29, 1.82) is 0 Å². The quantitative estimate of drug-likeness (QED) is 0.429. The van der Waals surface area contributed by atoms with E-state index in [1.54, 1.807) is 18.2 Å². The molecule has 0 saturated carbocycles. The first-order valence-electron chi connectivity index (χ1n) is 7.54. The third-order valence-corrected chi connectivity index (χ3v) is 4.40. The molecule has 2 aromatic carbocycles. The number of rotatable bonds is 6. The third kappa shape index (κ3) is 4.39. The highest BCUT2D eigenvalue weighted by atomic mass is 35.5. The van der Waals surface area contributed by atoms with Gasteiger partial charge < -0.3 is 4.52 Å². The van der Waals surface area contributed by atoms with E-state index in [2.05, 4.69) is 10.1 Å². The van der Waals surface area contributed by atoms with E-state index >= 15 is 0 Å². The lowest BCUT2D eigenvalue weighted by Gasteiger charge is -2.00. The van der Waals surface area contributed by atoms with Crippen LogP contribution >= 0.6 is 23.2 Å². The van der Waals surface area contributed by atoms with Gasteiger partial charge in [0.05, 0.1) is 26.0 Å². The molecule has 0 aliphatic rings. The lowest BCUT2D eigenvalue weighted by Crippen LogP contribution is -1.97. The van der Waals surface area contributed by atoms with Crippen molar-refractivity contribution in [2.45, 2.75) is 12.8 Å². The molecule has 0 unspecified atom stereocenters. The fourth-order valence-electron chi connectivity index (χ4n) is 2.37. The average Bonchev–Trinajstić information content (AvgIpc) is 3.11. The number of aryl methyl sites for hydroxylation is 2. The molecular weight excluding hydrogens is 399 g/mol. The molecule has 0 aliphatic heterocycles. The van der Waals surface area contributed by atoms with Crippen LogP contribution in [0.3, 0.4) is 0 Å². The van der Waals surface area contributed by atoms with E-state index in [4.69, 9.17) is 27.7 Å². The zero-order valence-corrected chi connectivity index (χ0v) is 15.0. The summed E-state index contributed by atoms with van der Waals surface area (Å²) in [6.45, 7) is 0. The Kier molecular flexibility index (Phi) is 5.33. The molecule has 0 N–H and O–H groups in total. The van der Waals surface area contributed by atoms with Crippen LogP contribution in [0.2, 0.25) is 10.0 Å². The molecule has 11 heteroatoms. The largest absolute Gasteiger partial charge is 0.339 e. The van der Waals surface area contributed by atoms with Gasteiger partial charge in [-0.25, -0.2) is 0 Å². The van der Waals surface area contributed by atoms with Gasteiger partial charge in [-0.1, -0.05) is 28.4 Å². The summed E-state index contributed by atoms with van der Waals surface area (Å²) in [5, 5.41) is 26.5. The number of benzene rings is 2. The van der Waals surface area contributed by atoms with Crippen molar-refractivity contribution >= 4 is 34.6 Å².